The third-order valence-electron chi connectivity index (χ3n) is 12.0. The minimum atomic E-state index is -0.619. The van der Waals surface area contributed by atoms with Crippen molar-refractivity contribution < 1.29 is 19.1 Å². The number of nitriles is 3. The van der Waals surface area contributed by atoms with Crippen molar-refractivity contribution in [3.63, 3.8) is 0 Å². The summed E-state index contributed by atoms with van der Waals surface area (Å²) in [5, 5.41) is 30.0. The summed E-state index contributed by atoms with van der Waals surface area (Å²) in [7, 11) is 0. The van der Waals surface area contributed by atoms with Gasteiger partial charge >= 0.3 is 11.9 Å². The van der Waals surface area contributed by atoms with E-state index in [4.69, 9.17) is 30.8 Å². The van der Waals surface area contributed by atoms with Crippen LogP contribution in [-0.2, 0) is 9.59 Å². The van der Waals surface area contributed by atoms with Gasteiger partial charge in [0.25, 0.3) is 0 Å². The van der Waals surface area contributed by atoms with Crippen molar-refractivity contribution in [3.8, 4) is 87.6 Å². The first kappa shape index (κ1) is 45.8. The number of allylic oxidation sites excluding steroid dienone is 4. The molecule has 0 aliphatic rings. The lowest BCUT2D eigenvalue weighted by molar-refractivity contribution is -0.129. The van der Waals surface area contributed by atoms with Crippen LogP contribution in [0.2, 0.25) is 0 Å². The summed E-state index contributed by atoms with van der Waals surface area (Å²) in [5.74, 6) is 3.44. The van der Waals surface area contributed by atoms with Gasteiger partial charge in [0.2, 0.25) is 0 Å². The number of benzene rings is 6. The van der Waals surface area contributed by atoms with Crippen LogP contribution < -0.4 is 9.47 Å². The first-order valence-electron chi connectivity index (χ1n) is 22.1. The van der Waals surface area contributed by atoms with Gasteiger partial charge in [-0.3, -0.25) is 13.7 Å². The number of terminal acetylenes is 1. The van der Waals surface area contributed by atoms with E-state index in [1.54, 1.807) is 48.5 Å². The lowest BCUT2D eigenvalue weighted by atomic mass is 10.1. The first-order chi connectivity index (χ1) is 34.4. The van der Waals surface area contributed by atoms with Gasteiger partial charge in [-0.2, -0.15) is 15.8 Å². The Morgan fingerprint density at radius 3 is 1.31 bits per heavy atom. The van der Waals surface area contributed by atoms with Gasteiger partial charge in [0, 0.05) is 45.9 Å². The standard InChI is InChI=1S/C58H39N9O4/c1-8-12-13-43(9-2)65-53-50(62-56(65)37-14-17-40(31-59)34(5)28-37)54-52(64-58(39-16-19-42(33-61)36(7)30-39)66(54)44-20-24-46(25-21-44)70-48(68)10-3)55-51(53)63-57(38-15-18-41(32-60)35(6)29-38)67(55)45-22-26-47(27-23-45)71-49(69)11-4/h1,9-30H,3-4H2,2,5-7H3/b13-12-,43-9+. The molecule has 0 spiro atoms. The summed E-state index contributed by atoms with van der Waals surface area (Å²) in [6.07, 6.45) is 13.4. The molecule has 13 heteroatoms. The summed E-state index contributed by atoms with van der Waals surface area (Å²) >= 11 is 0. The molecule has 0 aliphatic heterocycles. The fourth-order valence-electron chi connectivity index (χ4n) is 8.61. The van der Waals surface area contributed by atoms with Gasteiger partial charge in [-0.25, -0.2) is 24.5 Å². The predicted octanol–water partition coefficient (Wildman–Crippen LogP) is 11.5. The van der Waals surface area contributed by atoms with Gasteiger partial charge in [-0.15, -0.1) is 6.42 Å². The van der Waals surface area contributed by atoms with Crippen LogP contribution in [0.3, 0.4) is 0 Å². The molecule has 0 saturated carbocycles. The van der Waals surface area contributed by atoms with E-state index in [1.807, 2.05) is 114 Å². The number of ether oxygens (including phenoxy) is 2. The second kappa shape index (κ2) is 18.7. The Balaban J connectivity index is 1.55. The SMILES string of the molecule is C#C/C=C\C(=C/C)n1c(-c2ccc(C#N)c(C)c2)nc2c1c1nc(-c3ccc(C#N)c(C)c3)n(-c3ccc(OC(=O)C=C)cc3)c1c1nc(-c3ccc(C#N)c(C)c3)n(-c3ccc(OC(=O)C=C)cc3)c21. The molecule has 0 unspecified atom stereocenters. The van der Waals surface area contributed by atoms with Gasteiger partial charge in [-0.1, -0.05) is 25.2 Å². The van der Waals surface area contributed by atoms with Crippen molar-refractivity contribution in [1.82, 2.24) is 28.7 Å². The van der Waals surface area contributed by atoms with Crippen LogP contribution in [0.1, 0.15) is 40.3 Å². The maximum Gasteiger partial charge on any atom is 0.335 e. The zero-order valence-electron chi connectivity index (χ0n) is 38.9. The van der Waals surface area contributed by atoms with Crippen LogP contribution in [0.5, 0.6) is 11.5 Å². The Morgan fingerprint density at radius 1 is 0.577 bits per heavy atom. The van der Waals surface area contributed by atoms with E-state index in [0.29, 0.717) is 101 Å². The molecule has 71 heavy (non-hydrogen) atoms. The summed E-state index contributed by atoms with van der Waals surface area (Å²) in [6.45, 7) is 14.6. The molecule has 0 radical (unpaired) electrons. The van der Waals surface area contributed by atoms with E-state index in [0.717, 1.165) is 28.8 Å². The maximum atomic E-state index is 12.3. The third-order valence-corrected chi connectivity index (χ3v) is 12.0. The number of aryl methyl sites for hydroxylation is 3. The Hall–Kier alpha value is -10.3. The number of nitrogens with zero attached hydrogens (tertiary/aromatic N) is 9. The van der Waals surface area contributed by atoms with Gasteiger partial charge in [-0.05, 0) is 160 Å². The van der Waals surface area contributed by atoms with Crippen molar-refractivity contribution in [2.45, 2.75) is 27.7 Å². The number of esters is 2. The number of imidazole rings is 3. The van der Waals surface area contributed by atoms with Crippen molar-refractivity contribution in [2.24, 2.45) is 0 Å². The van der Waals surface area contributed by atoms with E-state index in [1.165, 1.54) is 0 Å². The quantitative estimate of drug-likeness (QED) is 0.0398. The van der Waals surface area contributed by atoms with Gasteiger partial charge in [0.1, 0.15) is 62.1 Å². The molecule has 0 saturated heterocycles. The molecule has 340 valence electrons. The van der Waals surface area contributed by atoms with Crippen LogP contribution >= 0.6 is 0 Å². The third kappa shape index (κ3) is 8.08. The molecule has 0 aliphatic carbocycles. The molecular weight excluding hydrogens is 887 g/mol. The Bertz CT molecular complexity index is 3890. The number of aromatic nitrogens is 6. The normalized spacial score (nSPS) is 11.3. The van der Waals surface area contributed by atoms with Crippen molar-refractivity contribution in [2.75, 3.05) is 0 Å². The molecule has 3 heterocycles. The Morgan fingerprint density at radius 2 is 0.958 bits per heavy atom. The van der Waals surface area contributed by atoms with Crippen molar-refractivity contribution in [3.05, 3.63) is 180 Å². The second-order valence-electron chi connectivity index (χ2n) is 16.3. The summed E-state index contributed by atoms with van der Waals surface area (Å²) in [6, 6.07) is 37.3. The van der Waals surface area contributed by atoms with Crippen molar-refractivity contribution >= 4 is 50.7 Å². The number of hydrogen-bond acceptors (Lipinski definition) is 10. The van der Waals surface area contributed by atoms with Crippen molar-refractivity contribution in [1.29, 1.82) is 15.8 Å². The fourth-order valence-corrected chi connectivity index (χ4v) is 8.61. The molecule has 6 aromatic carbocycles. The van der Waals surface area contributed by atoms with Gasteiger partial charge in [0.15, 0.2) is 0 Å². The first-order valence-corrected chi connectivity index (χ1v) is 22.1. The Labute approximate surface area is 408 Å². The molecule has 0 fully saturated rings. The molecule has 0 amide bonds. The van der Waals surface area contributed by atoms with E-state index in [2.05, 4.69) is 37.3 Å². The van der Waals surface area contributed by atoms with E-state index >= 15 is 0 Å². The number of hydrogen-bond donors (Lipinski definition) is 0. The number of carbonyl (C=O) groups is 2. The highest BCUT2D eigenvalue weighted by molar-refractivity contribution is 6.22. The monoisotopic (exact) mass is 925 g/mol. The zero-order chi connectivity index (χ0) is 50.1. The second-order valence-corrected chi connectivity index (χ2v) is 16.3. The van der Waals surface area contributed by atoms with Gasteiger partial charge < -0.3 is 9.47 Å². The van der Waals surface area contributed by atoms with Crippen LogP contribution in [0.4, 0.5) is 0 Å². The fraction of sp³-hybridized carbons (Fsp3) is 0.0690. The van der Waals surface area contributed by atoms with E-state index < -0.39 is 11.9 Å². The minimum Gasteiger partial charge on any atom is -0.423 e. The topological polar surface area (TPSA) is 177 Å². The maximum absolute atomic E-state index is 12.3. The lowest BCUT2D eigenvalue weighted by Gasteiger charge is -2.14. The van der Waals surface area contributed by atoms with Gasteiger partial charge in [0.05, 0.1) is 34.9 Å². The van der Waals surface area contributed by atoms with E-state index in [9.17, 15) is 25.4 Å². The summed E-state index contributed by atoms with van der Waals surface area (Å²) < 4.78 is 17.0. The molecule has 9 aromatic rings. The number of carbonyl (C=O) groups excluding carboxylic acids is 2. The average Bonchev–Trinajstić information content (AvgIpc) is 4.10. The summed E-state index contributed by atoms with van der Waals surface area (Å²) in [4.78, 5) is 41.3. The molecular formula is C58H39N9O4. The Kier molecular flexibility index (Phi) is 12.1. The molecule has 13 nitrogen and oxygen atoms in total. The van der Waals surface area contributed by atoms with Crippen LogP contribution in [0.15, 0.2) is 147 Å². The molecule has 9 rings (SSSR count). The molecule has 3 aromatic heterocycles. The summed E-state index contributed by atoms with van der Waals surface area (Å²) in [5.41, 5.74) is 10.8. The number of fused-ring (bicyclic) bond motifs is 6. The minimum absolute atomic E-state index is 0.287. The smallest absolute Gasteiger partial charge is 0.335 e. The highest BCUT2D eigenvalue weighted by Crippen LogP contribution is 2.45. The van der Waals surface area contributed by atoms with Crippen LogP contribution in [0, 0.1) is 67.1 Å². The van der Waals surface area contributed by atoms with E-state index in [-0.39, 0.29) is 11.5 Å². The number of rotatable bonds is 11. The molecule has 0 bridgehead atoms. The highest BCUT2D eigenvalue weighted by Gasteiger charge is 2.31. The largest absolute Gasteiger partial charge is 0.423 e. The molecule has 0 N–H and O–H groups in total. The predicted molar refractivity (Wildman–Crippen MR) is 273 cm³/mol. The molecule has 0 atom stereocenters. The average molecular weight is 926 g/mol. The zero-order valence-corrected chi connectivity index (χ0v) is 38.9. The lowest BCUT2D eigenvalue weighted by Crippen LogP contribution is -2.04. The van der Waals surface area contributed by atoms with Crippen LogP contribution in [0.25, 0.3) is 84.3 Å². The van der Waals surface area contributed by atoms with Crippen LogP contribution in [-0.4, -0.2) is 40.6 Å². The highest BCUT2D eigenvalue weighted by atomic mass is 16.5.